The van der Waals surface area contributed by atoms with Crippen LogP contribution in [0.3, 0.4) is 0 Å². The zero-order valence-electron chi connectivity index (χ0n) is 8.95. The fourth-order valence-electron chi connectivity index (χ4n) is 1.51. The zero-order chi connectivity index (χ0) is 10.7. The van der Waals surface area contributed by atoms with Gasteiger partial charge >= 0.3 is 0 Å². The summed E-state index contributed by atoms with van der Waals surface area (Å²) in [5.41, 5.74) is 3.63. The molecule has 0 aliphatic heterocycles. The molecule has 1 aromatic heterocycles. The molecule has 0 amide bonds. The van der Waals surface area contributed by atoms with Gasteiger partial charge in [0.1, 0.15) is 5.01 Å². The zero-order valence-corrected chi connectivity index (χ0v) is 9.77. The molecular formula is C12H14N2S. The van der Waals surface area contributed by atoms with Gasteiger partial charge in [0.05, 0.1) is 5.69 Å². The Hall–Kier alpha value is -1.19. The molecule has 1 aromatic carbocycles. The van der Waals surface area contributed by atoms with Gasteiger partial charge in [-0.25, -0.2) is 4.98 Å². The fourth-order valence-corrected chi connectivity index (χ4v) is 2.42. The molecule has 0 bridgehead atoms. The number of hydrogen-bond donors (Lipinski definition) is 1. The summed E-state index contributed by atoms with van der Waals surface area (Å²) in [5.74, 6) is 0. The molecule has 0 aliphatic carbocycles. The van der Waals surface area contributed by atoms with E-state index in [0.29, 0.717) is 0 Å². The summed E-state index contributed by atoms with van der Waals surface area (Å²) in [7, 11) is 1.94. The number of aromatic nitrogens is 1. The predicted molar refractivity (Wildman–Crippen MR) is 65.1 cm³/mol. The van der Waals surface area contributed by atoms with Crippen LogP contribution in [0.25, 0.3) is 10.6 Å². The van der Waals surface area contributed by atoms with E-state index in [-0.39, 0.29) is 0 Å². The van der Waals surface area contributed by atoms with Crippen LogP contribution in [0.15, 0.2) is 29.6 Å². The highest BCUT2D eigenvalue weighted by atomic mass is 32.1. The van der Waals surface area contributed by atoms with Crippen LogP contribution in [0.2, 0.25) is 0 Å². The number of rotatable bonds is 3. The van der Waals surface area contributed by atoms with Crippen LogP contribution in [-0.2, 0) is 6.54 Å². The lowest BCUT2D eigenvalue weighted by Crippen LogP contribution is -2.04. The first-order chi connectivity index (χ1) is 7.31. The maximum Gasteiger partial charge on any atom is 0.123 e. The van der Waals surface area contributed by atoms with Gasteiger partial charge in [-0.1, -0.05) is 24.3 Å². The molecule has 0 fully saturated rings. The number of nitrogens with zero attached hydrogens (tertiary/aromatic N) is 1. The van der Waals surface area contributed by atoms with Gasteiger partial charge in [-0.05, 0) is 19.5 Å². The van der Waals surface area contributed by atoms with Crippen molar-refractivity contribution in [3.63, 3.8) is 0 Å². The van der Waals surface area contributed by atoms with Crippen LogP contribution in [0.1, 0.15) is 11.3 Å². The van der Waals surface area contributed by atoms with Crippen molar-refractivity contribution in [1.29, 1.82) is 0 Å². The Labute approximate surface area is 94.0 Å². The van der Waals surface area contributed by atoms with Crippen molar-refractivity contribution in [2.45, 2.75) is 13.5 Å². The van der Waals surface area contributed by atoms with Crippen molar-refractivity contribution < 1.29 is 0 Å². The molecule has 2 rings (SSSR count). The second-order valence-corrected chi connectivity index (χ2v) is 4.35. The van der Waals surface area contributed by atoms with E-state index in [1.54, 1.807) is 11.3 Å². The molecule has 0 spiro atoms. The van der Waals surface area contributed by atoms with Crippen molar-refractivity contribution in [2.24, 2.45) is 0 Å². The maximum atomic E-state index is 4.59. The van der Waals surface area contributed by atoms with Gasteiger partial charge in [-0.2, -0.15) is 0 Å². The largest absolute Gasteiger partial charge is 0.314 e. The van der Waals surface area contributed by atoms with Crippen molar-refractivity contribution >= 4 is 11.3 Å². The lowest BCUT2D eigenvalue weighted by Gasteiger charge is -2.00. The summed E-state index contributed by atoms with van der Waals surface area (Å²) in [6.45, 7) is 2.96. The monoisotopic (exact) mass is 218 g/mol. The third kappa shape index (κ3) is 2.25. The number of benzene rings is 1. The predicted octanol–water partition coefficient (Wildman–Crippen LogP) is 2.84. The van der Waals surface area contributed by atoms with Crippen molar-refractivity contribution in [3.8, 4) is 10.6 Å². The number of hydrogen-bond acceptors (Lipinski definition) is 3. The summed E-state index contributed by atoms with van der Waals surface area (Å²) >= 11 is 1.71. The van der Waals surface area contributed by atoms with E-state index in [1.807, 2.05) is 7.05 Å². The van der Waals surface area contributed by atoms with E-state index in [1.165, 1.54) is 11.1 Å². The fraction of sp³-hybridized carbons (Fsp3) is 0.250. The Kier molecular flexibility index (Phi) is 3.14. The smallest absolute Gasteiger partial charge is 0.123 e. The lowest BCUT2D eigenvalue weighted by molar-refractivity contribution is 0.798. The second-order valence-electron chi connectivity index (χ2n) is 3.49. The second kappa shape index (κ2) is 4.55. The topological polar surface area (TPSA) is 24.9 Å². The molecular weight excluding hydrogens is 204 g/mol. The quantitative estimate of drug-likeness (QED) is 0.857. The third-order valence-electron chi connectivity index (χ3n) is 2.29. The summed E-state index contributed by atoms with van der Waals surface area (Å²) in [5, 5.41) is 6.33. The minimum absolute atomic E-state index is 0.836. The van der Waals surface area contributed by atoms with Gasteiger partial charge < -0.3 is 5.32 Å². The van der Waals surface area contributed by atoms with Gasteiger partial charge in [0.15, 0.2) is 0 Å². The van der Waals surface area contributed by atoms with E-state index in [9.17, 15) is 0 Å². The summed E-state index contributed by atoms with van der Waals surface area (Å²) < 4.78 is 0. The molecule has 2 nitrogen and oxygen atoms in total. The first-order valence-electron chi connectivity index (χ1n) is 4.96. The van der Waals surface area contributed by atoms with Gasteiger partial charge in [-0.15, -0.1) is 11.3 Å². The lowest BCUT2D eigenvalue weighted by atomic mass is 10.1. The van der Waals surface area contributed by atoms with Crippen LogP contribution in [0.5, 0.6) is 0 Å². The molecule has 0 saturated carbocycles. The van der Waals surface area contributed by atoms with Crippen LogP contribution in [0, 0.1) is 6.92 Å². The van der Waals surface area contributed by atoms with Gasteiger partial charge in [-0.3, -0.25) is 0 Å². The van der Waals surface area contributed by atoms with Crippen LogP contribution >= 0.6 is 11.3 Å². The van der Waals surface area contributed by atoms with Crippen molar-refractivity contribution in [3.05, 3.63) is 40.9 Å². The Balaban J connectivity index is 2.33. The van der Waals surface area contributed by atoms with Crippen molar-refractivity contribution in [2.75, 3.05) is 7.05 Å². The molecule has 78 valence electrons. The van der Waals surface area contributed by atoms with E-state index in [0.717, 1.165) is 17.2 Å². The van der Waals surface area contributed by atoms with Crippen LogP contribution in [-0.4, -0.2) is 12.0 Å². The molecule has 0 atom stereocenters. The van der Waals surface area contributed by atoms with E-state index in [2.05, 4.69) is 46.9 Å². The van der Waals surface area contributed by atoms with Crippen LogP contribution < -0.4 is 5.32 Å². The average Bonchev–Trinajstić information content (AvgIpc) is 2.68. The van der Waals surface area contributed by atoms with Crippen molar-refractivity contribution in [1.82, 2.24) is 10.3 Å². The molecule has 0 saturated heterocycles. The SMILES string of the molecule is CNCc1csc(-c2ccccc2C)n1. The Morgan fingerprint density at radius 2 is 2.13 bits per heavy atom. The minimum Gasteiger partial charge on any atom is -0.314 e. The molecule has 0 aliphatic rings. The number of nitrogens with one attached hydrogen (secondary N) is 1. The molecule has 15 heavy (non-hydrogen) atoms. The number of thiazole rings is 1. The van der Waals surface area contributed by atoms with E-state index in [4.69, 9.17) is 0 Å². The molecule has 1 heterocycles. The highest BCUT2D eigenvalue weighted by Gasteiger charge is 2.05. The minimum atomic E-state index is 0.836. The Bertz CT molecular complexity index is 448. The van der Waals surface area contributed by atoms with Gasteiger partial charge in [0.25, 0.3) is 0 Å². The van der Waals surface area contributed by atoms with Crippen LogP contribution in [0.4, 0.5) is 0 Å². The number of aryl methyl sites for hydroxylation is 1. The highest BCUT2D eigenvalue weighted by Crippen LogP contribution is 2.26. The average molecular weight is 218 g/mol. The maximum absolute atomic E-state index is 4.59. The van der Waals surface area contributed by atoms with E-state index >= 15 is 0 Å². The molecule has 1 N–H and O–H groups in total. The first kappa shape index (κ1) is 10.3. The molecule has 0 radical (unpaired) electrons. The Morgan fingerprint density at radius 1 is 1.33 bits per heavy atom. The summed E-state index contributed by atoms with van der Waals surface area (Å²) in [6, 6.07) is 8.36. The summed E-state index contributed by atoms with van der Waals surface area (Å²) in [4.78, 5) is 4.59. The molecule has 0 unspecified atom stereocenters. The summed E-state index contributed by atoms with van der Waals surface area (Å²) in [6.07, 6.45) is 0. The standard InChI is InChI=1S/C12H14N2S/c1-9-5-3-4-6-11(9)12-14-10(7-13-2)8-15-12/h3-6,8,13H,7H2,1-2H3. The highest BCUT2D eigenvalue weighted by molar-refractivity contribution is 7.13. The van der Waals surface area contributed by atoms with Gasteiger partial charge in [0, 0.05) is 17.5 Å². The van der Waals surface area contributed by atoms with E-state index < -0.39 is 0 Å². The third-order valence-corrected chi connectivity index (χ3v) is 3.21. The van der Waals surface area contributed by atoms with Gasteiger partial charge in [0.2, 0.25) is 0 Å². The Morgan fingerprint density at radius 3 is 2.87 bits per heavy atom. The molecule has 3 heteroatoms. The molecule has 2 aromatic rings. The first-order valence-corrected chi connectivity index (χ1v) is 5.84. The normalized spacial score (nSPS) is 10.5.